The molecule has 0 unspecified atom stereocenters. The molecule has 0 atom stereocenters. The van der Waals surface area contributed by atoms with Gasteiger partial charge in [-0.15, -0.1) is 0 Å². The van der Waals surface area contributed by atoms with Crippen LogP contribution in [-0.2, 0) is 6.54 Å². The lowest BCUT2D eigenvalue weighted by atomic mass is 9.97. The molecule has 20 heavy (non-hydrogen) atoms. The minimum absolute atomic E-state index is 0.316. The van der Waals surface area contributed by atoms with Gasteiger partial charge in [0.15, 0.2) is 0 Å². The Morgan fingerprint density at radius 1 is 1.35 bits per heavy atom. The first kappa shape index (κ1) is 15.6. The van der Waals surface area contributed by atoms with Gasteiger partial charge in [-0.1, -0.05) is 24.6 Å². The van der Waals surface area contributed by atoms with E-state index in [1.165, 1.54) is 5.69 Å². The second-order valence-corrected chi connectivity index (χ2v) is 5.97. The van der Waals surface area contributed by atoms with Gasteiger partial charge in [0.2, 0.25) is 0 Å². The first-order chi connectivity index (χ1) is 9.74. The highest BCUT2D eigenvalue weighted by Gasteiger charge is 2.19. The molecule has 1 fully saturated rings. The summed E-state index contributed by atoms with van der Waals surface area (Å²) in [6, 6.07) is 6.36. The number of piperidine rings is 1. The molecule has 0 bridgehead atoms. The molecule has 0 amide bonds. The number of benzene rings is 1. The number of rotatable bonds is 6. The molecule has 1 aliphatic rings. The van der Waals surface area contributed by atoms with Gasteiger partial charge >= 0.3 is 0 Å². The zero-order valence-corrected chi connectivity index (χ0v) is 13.0. The van der Waals surface area contributed by atoms with Crippen LogP contribution in [0.2, 0.25) is 5.02 Å². The molecule has 1 aromatic rings. The maximum Gasteiger partial charge on any atom is 0.0471 e. The van der Waals surface area contributed by atoms with E-state index in [1.807, 2.05) is 0 Å². The van der Waals surface area contributed by atoms with E-state index in [0.717, 1.165) is 56.0 Å². The van der Waals surface area contributed by atoms with Gasteiger partial charge in [0.1, 0.15) is 0 Å². The van der Waals surface area contributed by atoms with Crippen LogP contribution in [0.4, 0.5) is 5.69 Å². The van der Waals surface area contributed by atoms with Crippen molar-refractivity contribution in [3.8, 4) is 0 Å². The summed E-state index contributed by atoms with van der Waals surface area (Å²) in [6.45, 7) is 6.35. The Labute approximate surface area is 126 Å². The summed E-state index contributed by atoms with van der Waals surface area (Å²) in [5.41, 5.74) is 2.36. The highest BCUT2D eigenvalue weighted by Crippen LogP contribution is 2.27. The van der Waals surface area contributed by atoms with E-state index < -0.39 is 0 Å². The molecule has 0 saturated carbocycles. The minimum atomic E-state index is 0.316. The third-order valence-electron chi connectivity index (χ3n) is 4.02. The van der Waals surface area contributed by atoms with E-state index in [4.69, 9.17) is 11.6 Å². The molecule has 1 aromatic carbocycles. The molecule has 0 aliphatic carbocycles. The van der Waals surface area contributed by atoms with Crippen molar-refractivity contribution in [1.29, 1.82) is 0 Å². The molecule has 112 valence electrons. The fourth-order valence-electron chi connectivity index (χ4n) is 2.65. The summed E-state index contributed by atoms with van der Waals surface area (Å²) in [5, 5.41) is 13.4. The Bertz CT molecular complexity index is 417. The van der Waals surface area contributed by atoms with Gasteiger partial charge in [0, 0.05) is 37.0 Å². The highest BCUT2D eigenvalue weighted by molar-refractivity contribution is 6.31. The van der Waals surface area contributed by atoms with Crippen molar-refractivity contribution in [3.05, 3.63) is 28.8 Å². The third-order valence-corrected chi connectivity index (χ3v) is 4.37. The van der Waals surface area contributed by atoms with Crippen molar-refractivity contribution in [2.24, 2.45) is 5.92 Å². The highest BCUT2D eigenvalue weighted by atomic mass is 35.5. The van der Waals surface area contributed by atoms with Gasteiger partial charge < -0.3 is 15.3 Å². The van der Waals surface area contributed by atoms with Crippen molar-refractivity contribution in [2.75, 3.05) is 31.1 Å². The van der Waals surface area contributed by atoms with Gasteiger partial charge in [-0.05, 0) is 49.4 Å². The van der Waals surface area contributed by atoms with Crippen LogP contribution in [0.25, 0.3) is 0 Å². The number of nitrogens with zero attached hydrogens (tertiary/aromatic N) is 1. The van der Waals surface area contributed by atoms with Gasteiger partial charge in [0.25, 0.3) is 0 Å². The Morgan fingerprint density at radius 3 is 2.70 bits per heavy atom. The first-order valence-corrected chi connectivity index (χ1v) is 7.97. The Morgan fingerprint density at radius 2 is 2.10 bits per heavy atom. The summed E-state index contributed by atoms with van der Waals surface area (Å²) in [5.74, 6) is 0.472. The molecule has 1 heterocycles. The molecule has 4 heteroatoms. The van der Waals surface area contributed by atoms with Gasteiger partial charge in [-0.2, -0.15) is 0 Å². The van der Waals surface area contributed by atoms with Crippen LogP contribution >= 0.6 is 11.6 Å². The molecule has 1 saturated heterocycles. The SMILES string of the molecule is CCCNCc1ccc(N2CCC(CO)CC2)cc1Cl. The number of anilines is 1. The van der Waals surface area contributed by atoms with Crippen LogP contribution in [0.15, 0.2) is 18.2 Å². The summed E-state index contributed by atoms with van der Waals surface area (Å²) in [6.07, 6.45) is 3.26. The van der Waals surface area contributed by atoms with Gasteiger partial charge in [-0.25, -0.2) is 0 Å². The van der Waals surface area contributed by atoms with E-state index in [9.17, 15) is 5.11 Å². The smallest absolute Gasteiger partial charge is 0.0471 e. The second kappa shape index (κ2) is 7.87. The lowest BCUT2D eigenvalue weighted by Crippen LogP contribution is -2.34. The van der Waals surface area contributed by atoms with Crippen molar-refractivity contribution in [2.45, 2.75) is 32.7 Å². The number of hydrogen-bond acceptors (Lipinski definition) is 3. The maximum absolute atomic E-state index is 9.18. The van der Waals surface area contributed by atoms with Crippen LogP contribution in [0.3, 0.4) is 0 Å². The zero-order chi connectivity index (χ0) is 14.4. The molecular weight excluding hydrogens is 272 g/mol. The standard InChI is InChI=1S/C16H25ClN2O/c1-2-7-18-11-14-3-4-15(10-16(14)17)19-8-5-13(12-20)6-9-19/h3-4,10,13,18,20H,2,5-9,11-12H2,1H3. The summed E-state index contributed by atoms with van der Waals surface area (Å²) in [4.78, 5) is 2.36. The van der Waals surface area contributed by atoms with Crippen LogP contribution in [-0.4, -0.2) is 31.3 Å². The first-order valence-electron chi connectivity index (χ1n) is 7.59. The van der Waals surface area contributed by atoms with Gasteiger partial charge in [0.05, 0.1) is 0 Å². The van der Waals surface area contributed by atoms with Crippen LogP contribution < -0.4 is 10.2 Å². The summed E-state index contributed by atoms with van der Waals surface area (Å²) < 4.78 is 0. The Kier molecular flexibility index (Phi) is 6.14. The van der Waals surface area contributed by atoms with Gasteiger partial charge in [-0.3, -0.25) is 0 Å². The van der Waals surface area contributed by atoms with E-state index in [1.54, 1.807) is 0 Å². The summed E-state index contributed by atoms with van der Waals surface area (Å²) >= 11 is 6.38. The predicted molar refractivity (Wildman–Crippen MR) is 85.5 cm³/mol. The van der Waals surface area contributed by atoms with Crippen molar-refractivity contribution in [3.63, 3.8) is 0 Å². The molecule has 0 radical (unpaired) electrons. The van der Waals surface area contributed by atoms with Crippen LogP contribution in [0.5, 0.6) is 0 Å². The van der Waals surface area contributed by atoms with Crippen LogP contribution in [0.1, 0.15) is 31.7 Å². The molecule has 3 nitrogen and oxygen atoms in total. The fraction of sp³-hybridized carbons (Fsp3) is 0.625. The lowest BCUT2D eigenvalue weighted by molar-refractivity contribution is 0.203. The van der Waals surface area contributed by atoms with E-state index in [2.05, 4.69) is 35.3 Å². The molecule has 2 rings (SSSR count). The molecule has 1 aliphatic heterocycles. The minimum Gasteiger partial charge on any atom is -0.396 e. The molecule has 0 spiro atoms. The summed E-state index contributed by atoms with van der Waals surface area (Å²) in [7, 11) is 0. The number of aliphatic hydroxyl groups is 1. The fourth-order valence-corrected chi connectivity index (χ4v) is 2.89. The average molecular weight is 297 g/mol. The van der Waals surface area contributed by atoms with Crippen molar-refractivity contribution >= 4 is 17.3 Å². The van der Waals surface area contributed by atoms with Crippen molar-refractivity contribution < 1.29 is 5.11 Å². The van der Waals surface area contributed by atoms with E-state index in [0.29, 0.717) is 12.5 Å². The average Bonchev–Trinajstić information content (AvgIpc) is 2.49. The maximum atomic E-state index is 9.18. The topological polar surface area (TPSA) is 35.5 Å². The molecular formula is C16H25ClN2O. The van der Waals surface area contributed by atoms with Crippen LogP contribution in [0, 0.1) is 5.92 Å². The van der Waals surface area contributed by atoms with Crippen molar-refractivity contribution in [1.82, 2.24) is 5.32 Å². The Hall–Kier alpha value is -0.770. The monoisotopic (exact) mass is 296 g/mol. The quantitative estimate of drug-likeness (QED) is 0.792. The number of nitrogens with one attached hydrogen (secondary N) is 1. The number of aliphatic hydroxyl groups excluding tert-OH is 1. The number of hydrogen-bond donors (Lipinski definition) is 2. The molecule has 0 aromatic heterocycles. The Balaban J connectivity index is 1.95. The van der Waals surface area contributed by atoms with E-state index in [-0.39, 0.29) is 0 Å². The lowest BCUT2D eigenvalue weighted by Gasteiger charge is -2.33. The second-order valence-electron chi connectivity index (χ2n) is 5.57. The third kappa shape index (κ3) is 4.11. The number of halogens is 1. The predicted octanol–water partition coefficient (Wildman–Crippen LogP) is 3.05. The zero-order valence-electron chi connectivity index (χ0n) is 12.2. The largest absolute Gasteiger partial charge is 0.396 e. The molecule has 2 N–H and O–H groups in total. The van der Waals surface area contributed by atoms with E-state index >= 15 is 0 Å². The normalized spacial score (nSPS) is 16.6.